The molecule has 36 heavy (non-hydrogen) atoms. The fourth-order valence-corrected chi connectivity index (χ4v) is 10.7. The maximum Gasteiger partial charge on any atom is 0.192 e. The number of aliphatic hydroxyl groups is 1. The van der Waals surface area contributed by atoms with E-state index in [9.17, 15) is 5.11 Å². The summed E-state index contributed by atoms with van der Waals surface area (Å²) >= 11 is 0. The van der Waals surface area contributed by atoms with Crippen LogP contribution in [0.2, 0.25) is 18.1 Å². The normalized spacial score (nSPS) is 40.8. The summed E-state index contributed by atoms with van der Waals surface area (Å²) in [4.78, 5) is 0. The van der Waals surface area contributed by atoms with Gasteiger partial charge in [-0.3, -0.25) is 0 Å². The second-order valence-electron chi connectivity index (χ2n) is 16.1. The highest BCUT2D eigenvalue weighted by Gasteiger charge is 2.59. The predicted molar refractivity (Wildman–Crippen MR) is 157 cm³/mol. The molecule has 0 bridgehead atoms. The van der Waals surface area contributed by atoms with Crippen molar-refractivity contribution in [1.82, 2.24) is 0 Å². The molecular formula is C33H60O2Si. The van der Waals surface area contributed by atoms with E-state index in [0.717, 1.165) is 36.0 Å². The molecule has 3 saturated carbocycles. The van der Waals surface area contributed by atoms with Crippen LogP contribution < -0.4 is 0 Å². The van der Waals surface area contributed by atoms with Gasteiger partial charge in [0, 0.05) is 6.10 Å². The average Bonchev–Trinajstić information content (AvgIpc) is 3.13. The van der Waals surface area contributed by atoms with Crippen molar-refractivity contribution >= 4 is 8.32 Å². The van der Waals surface area contributed by atoms with Crippen LogP contribution in [0.4, 0.5) is 0 Å². The minimum Gasteiger partial charge on any atom is -0.414 e. The molecule has 0 saturated heterocycles. The summed E-state index contributed by atoms with van der Waals surface area (Å²) < 4.78 is 6.93. The topological polar surface area (TPSA) is 29.5 Å². The first kappa shape index (κ1) is 28.9. The summed E-state index contributed by atoms with van der Waals surface area (Å²) in [7, 11) is -1.72. The van der Waals surface area contributed by atoms with Gasteiger partial charge in [-0.1, -0.05) is 67.0 Å². The molecular weight excluding hydrogens is 456 g/mol. The van der Waals surface area contributed by atoms with Crippen molar-refractivity contribution in [2.24, 2.45) is 46.3 Å². The molecule has 0 aromatic rings. The SMILES string of the molecule is CC(C)C(O)CC[C@@H](C)[C@H]1CC[C@H]2[C@@H]3CC=C4C[C@@H](O[Si](C)(C)C(C)(C)C)CC[C@]4(C)[C@H]3CC[C@]12C. The van der Waals surface area contributed by atoms with Gasteiger partial charge in [0.05, 0.1) is 6.10 Å². The third kappa shape index (κ3) is 5.08. The van der Waals surface area contributed by atoms with E-state index in [1.165, 1.54) is 57.8 Å². The van der Waals surface area contributed by atoms with Gasteiger partial charge in [0.2, 0.25) is 0 Å². The van der Waals surface area contributed by atoms with Crippen LogP contribution in [0.3, 0.4) is 0 Å². The molecule has 0 amide bonds. The molecule has 4 aliphatic rings. The molecule has 1 N–H and O–H groups in total. The van der Waals surface area contributed by atoms with E-state index in [4.69, 9.17) is 4.43 Å². The Balaban J connectivity index is 1.45. The molecule has 3 fully saturated rings. The van der Waals surface area contributed by atoms with Crippen LogP contribution in [0.15, 0.2) is 11.6 Å². The zero-order valence-electron chi connectivity index (χ0n) is 25.6. The zero-order valence-corrected chi connectivity index (χ0v) is 26.6. The van der Waals surface area contributed by atoms with E-state index in [-0.39, 0.29) is 11.1 Å². The van der Waals surface area contributed by atoms with E-state index in [1.54, 1.807) is 5.57 Å². The number of allylic oxidation sites excluding steroid dienone is 1. The summed E-state index contributed by atoms with van der Waals surface area (Å²) in [6, 6.07) is 0. The minimum absolute atomic E-state index is 0.134. The van der Waals surface area contributed by atoms with Crippen LogP contribution in [-0.4, -0.2) is 25.6 Å². The van der Waals surface area contributed by atoms with Crippen molar-refractivity contribution < 1.29 is 9.53 Å². The fraction of sp³-hybridized carbons (Fsp3) is 0.939. The second kappa shape index (κ2) is 10.1. The fourth-order valence-electron chi connectivity index (χ4n) is 9.26. The van der Waals surface area contributed by atoms with Crippen LogP contribution in [0.25, 0.3) is 0 Å². The standard InChI is InChI=1S/C33H60O2Si/c1-22(2)30(34)16-11-23(3)27-14-15-28-26-13-12-24-21-25(35-36(9,10)31(4,5)6)17-19-32(24,7)29(26)18-20-33(27,28)8/h12,22-23,25-30,34H,11,13-21H2,1-10H3/t23-,25+,26+,27-,28+,29+,30?,32+,33-/m1/s1. The van der Waals surface area contributed by atoms with Crippen molar-refractivity contribution in [3.05, 3.63) is 11.6 Å². The van der Waals surface area contributed by atoms with Crippen molar-refractivity contribution in [1.29, 1.82) is 0 Å². The smallest absolute Gasteiger partial charge is 0.192 e. The summed E-state index contributed by atoms with van der Waals surface area (Å²) in [5.41, 5.74) is 2.67. The summed E-state index contributed by atoms with van der Waals surface area (Å²) in [6.07, 6.45) is 16.0. The summed E-state index contributed by atoms with van der Waals surface area (Å²) in [5.74, 6) is 4.61. The lowest BCUT2D eigenvalue weighted by molar-refractivity contribution is -0.0572. The number of fused-ring (bicyclic) bond motifs is 5. The van der Waals surface area contributed by atoms with Gasteiger partial charge in [-0.25, -0.2) is 0 Å². The first-order valence-corrected chi connectivity index (χ1v) is 18.6. The lowest BCUT2D eigenvalue weighted by Crippen LogP contribution is -2.52. The molecule has 1 unspecified atom stereocenters. The van der Waals surface area contributed by atoms with Crippen molar-refractivity contribution in [2.75, 3.05) is 0 Å². The third-order valence-corrected chi connectivity index (χ3v) is 17.3. The Bertz CT molecular complexity index is 809. The maximum atomic E-state index is 10.4. The molecule has 208 valence electrons. The molecule has 0 aromatic heterocycles. The first-order valence-electron chi connectivity index (χ1n) is 15.7. The quantitative estimate of drug-likeness (QED) is 0.270. The van der Waals surface area contributed by atoms with E-state index in [2.05, 4.69) is 74.6 Å². The van der Waals surface area contributed by atoms with Crippen molar-refractivity contribution in [3.63, 3.8) is 0 Å². The van der Waals surface area contributed by atoms with Crippen molar-refractivity contribution in [3.8, 4) is 0 Å². The monoisotopic (exact) mass is 516 g/mol. The number of hydrogen-bond acceptors (Lipinski definition) is 2. The summed E-state index contributed by atoms with van der Waals surface area (Å²) in [6.45, 7) is 24.1. The van der Waals surface area contributed by atoms with Gasteiger partial charge in [0.25, 0.3) is 0 Å². The van der Waals surface area contributed by atoms with E-state index in [0.29, 0.717) is 22.9 Å². The number of aliphatic hydroxyl groups excluding tert-OH is 1. The van der Waals surface area contributed by atoms with Crippen LogP contribution in [0.1, 0.15) is 120 Å². The van der Waals surface area contributed by atoms with Crippen molar-refractivity contribution in [2.45, 2.75) is 150 Å². The Morgan fingerprint density at radius 1 is 1.00 bits per heavy atom. The Kier molecular flexibility index (Phi) is 8.12. The Morgan fingerprint density at radius 2 is 1.69 bits per heavy atom. The highest BCUT2D eigenvalue weighted by molar-refractivity contribution is 6.74. The molecule has 3 heteroatoms. The molecule has 0 spiro atoms. The molecule has 0 aromatic carbocycles. The van der Waals surface area contributed by atoms with Gasteiger partial charge < -0.3 is 9.53 Å². The van der Waals surface area contributed by atoms with Gasteiger partial charge in [-0.05, 0) is 129 Å². The highest BCUT2D eigenvalue weighted by Crippen LogP contribution is 2.67. The molecule has 0 aliphatic heterocycles. The van der Waals surface area contributed by atoms with Gasteiger partial charge in [-0.2, -0.15) is 0 Å². The van der Waals surface area contributed by atoms with Crippen LogP contribution in [0, 0.1) is 46.3 Å². The van der Waals surface area contributed by atoms with Gasteiger partial charge in [-0.15, -0.1) is 0 Å². The first-order chi connectivity index (χ1) is 16.6. The second-order valence-corrected chi connectivity index (χ2v) is 20.9. The molecule has 0 heterocycles. The molecule has 0 radical (unpaired) electrons. The van der Waals surface area contributed by atoms with Gasteiger partial charge in [0.15, 0.2) is 8.32 Å². The van der Waals surface area contributed by atoms with E-state index >= 15 is 0 Å². The number of rotatable bonds is 7. The van der Waals surface area contributed by atoms with E-state index < -0.39 is 8.32 Å². The largest absolute Gasteiger partial charge is 0.414 e. The third-order valence-electron chi connectivity index (χ3n) is 12.8. The van der Waals surface area contributed by atoms with Crippen LogP contribution in [0.5, 0.6) is 0 Å². The molecule has 4 rings (SSSR count). The van der Waals surface area contributed by atoms with Crippen LogP contribution in [-0.2, 0) is 4.43 Å². The Hall–Kier alpha value is -0.123. The van der Waals surface area contributed by atoms with Crippen LogP contribution >= 0.6 is 0 Å². The molecule has 4 aliphatic carbocycles. The Labute approximate surface area is 225 Å². The zero-order chi connectivity index (χ0) is 26.7. The lowest BCUT2D eigenvalue weighted by Gasteiger charge is -2.59. The van der Waals surface area contributed by atoms with E-state index in [1.807, 2.05) is 0 Å². The maximum absolute atomic E-state index is 10.4. The summed E-state index contributed by atoms with van der Waals surface area (Å²) in [5, 5.41) is 10.7. The average molecular weight is 517 g/mol. The molecule has 2 nitrogen and oxygen atoms in total. The molecule has 9 atom stereocenters. The lowest BCUT2D eigenvalue weighted by atomic mass is 9.47. The minimum atomic E-state index is -1.72. The highest BCUT2D eigenvalue weighted by atomic mass is 28.4. The predicted octanol–water partition coefficient (Wildman–Crippen LogP) is 9.39. The van der Waals surface area contributed by atoms with Gasteiger partial charge >= 0.3 is 0 Å². The Morgan fingerprint density at radius 3 is 2.33 bits per heavy atom. The number of hydrogen-bond donors (Lipinski definition) is 1. The van der Waals surface area contributed by atoms with Gasteiger partial charge in [0.1, 0.15) is 0 Å².